The number of hydrogen-bond acceptors (Lipinski definition) is 3. The maximum absolute atomic E-state index is 5.27. The van der Waals surface area contributed by atoms with Crippen molar-refractivity contribution in [3.63, 3.8) is 0 Å². The van der Waals surface area contributed by atoms with E-state index in [4.69, 9.17) is 14.2 Å². The van der Waals surface area contributed by atoms with Gasteiger partial charge in [-0.3, -0.25) is 0 Å². The van der Waals surface area contributed by atoms with Crippen molar-refractivity contribution >= 4 is 0 Å². The van der Waals surface area contributed by atoms with Crippen molar-refractivity contribution in [3.05, 3.63) is 0 Å². The van der Waals surface area contributed by atoms with E-state index >= 15 is 0 Å². The highest BCUT2D eigenvalue weighted by molar-refractivity contribution is 4.58. The van der Waals surface area contributed by atoms with Gasteiger partial charge in [0.2, 0.25) is 0 Å². The van der Waals surface area contributed by atoms with Crippen LogP contribution in [0.2, 0.25) is 0 Å². The third-order valence-corrected chi connectivity index (χ3v) is 1.24. The largest absolute Gasteiger partial charge is 0.382 e. The van der Waals surface area contributed by atoms with E-state index in [0.29, 0.717) is 19.8 Å². The molecule has 0 N–H and O–H groups in total. The third kappa shape index (κ3) is 2.30. The quantitative estimate of drug-likeness (QED) is 0.531. The molecule has 3 nitrogen and oxygen atoms in total. The number of methoxy groups -OCH3 is 1. The second-order valence-electron chi connectivity index (χ2n) is 2.02. The van der Waals surface area contributed by atoms with Crippen LogP contribution in [0.5, 0.6) is 0 Å². The molecular weight excluding hydrogens is 120 g/mol. The van der Waals surface area contributed by atoms with Gasteiger partial charge in [0.1, 0.15) is 6.10 Å². The summed E-state index contributed by atoms with van der Waals surface area (Å²) in [6.07, 6.45) is 0.156. The molecular formula is C6H12O3. The molecule has 0 spiro atoms. The smallest absolute Gasteiger partial charge is 0.104 e. The average molecular weight is 132 g/mol. The molecule has 0 radical (unpaired) electrons. The van der Waals surface area contributed by atoms with Gasteiger partial charge in [0, 0.05) is 7.11 Å². The van der Waals surface area contributed by atoms with Crippen LogP contribution in [0.15, 0.2) is 0 Å². The highest BCUT2D eigenvalue weighted by Crippen LogP contribution is 1.99. The Bertz CT molecular complexity index is 65.9. The van der Waals surface area contributed by atoms with E-state index in [0.717, 1.165) is 6.61 Å². The fraction of sp³-hybridized carbons (Fsp3) is 1.00. The molecule has 1 heterocycles. The predicted octanol–water partition coefficient (Wildman–Crippen LogP) is 0.0482. The average Bonchev–Trinajstić information content (AvgIpc) is 1.91. The van der Waals surface area contributed by atoms with E-state index in [1.165, 1.54) is 0 Å². The van der Waals surface area contributed by atoms with E-state index in [9.17, 15) is 0 Å². The summed E-state index contributed by atoms with van der Waals surface area (Å²) in [5.41, 5.74) is 0. The molecule has 54 valence electrons. The Morgan fingerprint density at radius 1 is 1.56 bits per heavy atom. The summed E-state index contributed by atoms with van der Waals surface area (Å²) in [7, 11) is 1.66. The highest BCUT2D eigenvalue weighted by Gasteiger charge is 2.12. The summed E-state index contributed by atoms with van der Waals surface area (Å²) >= 11 is 0. The lowest BCUT2D eigenvalue weighted by Crippen LogP contribution is -2.31. The predicted molar refractivity (Wildman–Crippen MR) is 32.4 cm³/mol. The van der Waals surface area contributed by atoms with Gasteiger partial charge < -0.3 is 14.2 Å². The van der Waals surface area contributed by atoms with Crippen molar-refractivity contribution in [3.8, 4) is 0 Å². The molecule has 1 atom stereocenters. The topological polar surface area (TPSA) is 27.7 Å². The van der Waals surface area contributed by atoms with Gasteiger partial charge in [0.05, 0.1) is 26.4 Å². The summed E-state index contributed by atoms with van der Waals surface area (Å²) in [5, 5.41) is 0. The SMILES string of the molecule is COCC1COCCO1. The van der Waals surface area contributed by atoms with Crippen molar-refractivity contribution < 1.29 is 14.2 Å². The molecule has 0 aromatic heterocycles. The molecule has 0 bridgehead atoms. The van der Waals surface area contributed by atoms with Gasteiger partial charge >= 0.3 is 0 Å². The normalized spacial score (nSPS) is 28.3. The molecule has 9 heavy (non-hydrogen) atoms. The van der Waals surface area contributed by atoms with Crippen LogP contribution in [0.25, 0.3) is 0 Å². The van der Waals surface area contributed by atoms with Gasteiger partial charge in [-0.1, -0.05) is 0 Å². The minimum Gasteiger partial charge on any atom is -0.382 e. The summed E-state index contributed by atoms with van der Waals surface area (Å²) in [4.78, 5) is 0. The van der Waals surface area contributed by atoms with Crippen molar-refractivity contribution in [2.75, 3.05) is 33.5 Å². The van der Waals surface area contributed by atoms with Gasteiger partial charge in [0.25, 0.3) is 0 Å². The molecule has 0 saturated carbocycles. The lowest BCUT2D eigenvalue weighted by molar-refractivity contribution is -0.110. The van der Waals surface area contributed by atoms with Crippen LogP contribution in [-0.2, 0) is 14.2 Å². The molecule has 3 heteroatoms. The lowest BCUT2D eigenvalue weighted by atomic mass is 10.4. The summed E-state index contributed by atoms with van der Waals surface area (Å²) in [6.45, 7) is 2.74. The molecule has 1 saturated heterocycles. The van der Waals surface area contributed by atoms with E-state index in [1.807, 2.05) is 0 Å². The van der Waals surface area contributed by atoms with Crippen LogP contribution in [-0.4, -0.2) is 39.6 Å². The first kappa shape index (κ1) is 6.99. The summed E-state index contributed by atoms with van der Waals surface area (Å²) in [6, 6.07) is 0. The van der Waals surface area contributed by atoms with Crippen molar-refractivity contribution in [1.29, 1.82) is 0 Å². The second-order valence-corrected chi connectivity index (χ2v) is 2.02. The fourth-order valence-electron chi connectivity index (χ4n) is 0.819. The highest BCUT2D eigenvalue weighted by atomic mass is 16.6. The van der Waals surface area contributed by atoms with Crippen LogP contribution in [0.1, 0.15) is 0 Å². The Hall–Kier alpha value is -0.120. The summed E-state index contributed by atoms with van der Waals surface area (Å²) in [5.74, 6) is 0. The van der Waals surface area contributed by atoms with Gasteiger partial charge in [-0.2, -0.15) is 0 Å². The Balaban J connectivity index is 2.08. The van der Waals surface area contributed by atoms with Gasteiger partial charge in [-0.25, -0.2) is 0 Å². The first-order valence-corrected chi connectivity index (χ1v) is 3.12. The van der Waals surface area contributed by atoms with Gasteiger partial charge in [0.15, 0.2) is 0 Å². The first-order chi connectivity index (χ1) is 4.43. The van der Waals surface area contributed by atoms with E-state index in [-0.39, 0.29) is 6.10 Å². The molecule has 0 aromatic rings. The zero-order valence-corrected chi connectivity index (χ0v) is 5.63. The zero-order chi connectivity index (χ0) is 6.53. The fourth-order valence-corrected chi connectivity index (χ4v) is 0.819. The monoisotopic (exact) mass is 132 g/mol. The Labute approximate surface area is 54.9 Å². The molecule has 1 aliphatic heterocycles. The maximum atomic E-state index is 5.27. The van der Waals surface area contributed by atoms with E-state index in [1.54, 1.807) is 7.11 Å². The Kier molecular flexibility index (Phi) is 2.97. The van der Waals surface area contributed by atoms with Gasteiger partial charge in [-0.15, -0.1) is 0 Å². The zero-order valence-electron chi connectivity index (χ0n) is 5.63. The van der Waals surface area contributed by atoms with Crippen molar-refractivity contribution in [1.82, 2.24) is 0 Å². The maximum Gasteiger partial charge on any atom is 0.104 e. The lowest BCUT2D eigenvalue weighted by Gasteiger charge is -2.21. The molecule has 0 aliphatic carbocycles. The molecule has 1 unspecified atom stereocenters. The number of rotatable bonds is 2. The van der Waals surface area contributed by atoms with E-state index in [2.05, 4.69) is 0 Å². The Morgan fingerprint density at radius 3 is 3.00 bits per heavy atom. The van der Waals surface area contributed by atoms with Crippen LogP contribution in [0.4, 0.5) is 0 Å². The molecule has 1 rings (SSSR count). The second kappa shape index (κ2) is 3.82. The van der Waals surface area contributed by atoms with Crippen molar-refractivity contribution in [2.45, 2.75) is 6.10 Å². The number of hydrogen-bond donors (Lipinski definition) is 0. The molecule has 1 aliphatic rings. The third-order valence-electron chi connectivity index (χ3n) is 1.24. The van der Waals surface area contributed by atoms with Crippen LogP contribution in [0.3, 0.4) is 0 Å². The standard InChI is InChI=1S/C6H12O3/c1-7-4-6-5-8-2-3-9-6/h6H,2-5H2,1H3. The minimum atomic E-state index is 0.156. The first-order valence-electron chi connectivity index (χ1n) is 3.12. The molecule has 1 fully saturated rings. The van der Waals surface area contributed by atoms with Crippen LogP contribution >= 0.6 is 0 Å². The summed E-state index contributed by atoms with van der Waals surface area (Å²) < 4.78 is 15.3. The van der Waals surface area contributed by atoms with E-state index < -0.39 is 0 Å². The van der Waals surface area contributed by atoms with Crippen LogP contribution in [0, 0.1) is 0 Å². The minimum absolute atomic E-state index is 0.156. The van der Waals surface area contributed by atoms with Crippen LogP contribution < -0.4 is 0 Å². The van der Waals surface area contributed by atoms with Gasteiger partial charge in [-0.05, 0) is 0 Å². The van der Waals surface area contributed by atoms with Crippen molar-refractivity contribution in [2.24, 2.45) is 0 Å². The molecule has 0 amide bonds. The Morgan fingerprint density at radius 2 is 2.44 bits per heavy atom. The number of ether oxygens (including phenoxy) is 3. The molecule has 0 aromatic carbocycles.